The van der Waals surface area contributed by atoms with Gasteiger partial charge < -0.3 is 5.32 Å². The first-order valence-corrected chi connectivity index (χ1v) is 11.4. The molecule has 0 atom stereocenters. The molecule has 0 radical (unpaired) electrons. The summed E-state index contributed by atoms with van der Waals surface area (Å²) in [4.78, 5) is 12.4. The van der Waals surface area contributed by atoms with Crippen molar-refractivity contribution in [3.8, 4) is 5.69 Å². The van der Waals surface area contributed by atoms with Crippen LogP contribution in [0.3, 0.4) is 0 Å². The molecular weight excluding hydrogens is 461 g/mol. The Bertz CT molecular complexity index is 1140. The summed E-state index contributed by atoms with van der Waals surface area (Å²) < 4.78 is 2.46. The first-order valence-electron chi connectivity index (χ1n) is 8.86. The van der Waals surface area contributed by atoms with E-state index in [1.165, 1.54) is 23.1 Å². The molecule has 30 heavy (non-hydrogen) atoms. The minimum Gasteiger partial charge on any atom is -0.300 e. The van der Waals surface area contributed by atoms with Crippen molar-refractivity contribution in [3.05, 3.63) is 82.1 Å². The monoisotopic (exact) mass is 475 g/mol. The van der Waals surface area contributed by atoms with Crippen molar-refractivity contribution in [2.45, 2.75) is 16.5 Å². The predicted octanol–water partition coefficient (Wildman–Crippen LogP) is 5.50. The Morgan fingerprint density at radius 3 is 2.60 bits per heavy atom. The number of nitrogens with zero attached hydrogens (tertiary/aromatic N) is 4. The van der Waals surface area contributed by atoms with Crippen LogP contribution in [0.4, 0.5) is 5.13 Å². The van der Waals surface area contributed by atoms with E-state index in [4.69, 9.17) is 23.2 Å². The average molecular weight is 476 g/mol. The molecule has 2 heterocycles. The molecule has 0 bridgehead atoms. The molecular formula is C20H15Cl2N5OS2. The largest absolute Gasteiger partial charge is 0.300 e. The summed E-state index contributed by atoms with van der Waals surface area (Å²) >= 11 is 15.2. The van der Waals surface area contributed by atoms with Crippen LogP contribution < -0.4 is 5.32 Å². The van der Waals surface area contributed by atoms with Crippen molar-refractivity contribution in [2.24, 2.45) is 0 Å². The van der Waals surface area contributed by atoms with Crippen molar-refractivity contribution in [1.82, 2.24) is 20.0 Å². The van der Waals surface area contributed by atoms with Gasteiger partial charge in [-0.1, -0.05) is 70.6 Å². The van der Waals surface area contributed by atoms with Crippen molar-refractivity contribution in [2.75, 3.05) is 5.32 Å². The van der Waals surface area contributed by atoms with Gasteiger partial charge in [0.15, 0.2) is 4.34 Å². The van der Waals surface area contributed by atoms with E-state index >= 15 is 0 Å². The Morgan fingerprint density at radius 1 is 1.07 bits per heavy atom. The van der Waals surface area contributed by atoms with Gasteiger partial charge >= 0.3 is 0 Å². The molecule has 0 aliphatic heterocycles. The second-order valence-corrected chi connectivity index (χ2v) is 9.23. The summed E-state index contributed by atoms with van der Waals surface area (Å²) in [5.74, 6) is 0.393. The second kappa shape index (κ2) is 9.61. The Labute approximate surface area is 191 Å². The van der Waals surface area contributed by atoms with Crippen molar-refractivity contribution in [1.29, 1.82) is 0 Å². The maximum Gasteiger partial charge on any atom is 0.230 e. The molecule has 4 aromatic rings. The maximum atomic E-state index is 12.4. The first-order chi connectivity index (χ1) is 14.6. The fourth-order valence-electron chi connectivity index (χ4n) is 2.64. The average Bonchev–Trinajstić information content (AvgIpc) is 3.38. The van der Waals surface area contributed by atoms with Crippen LogP contribution in [0.25, 0.3) is 5.69 Å². The van der Waals surface area contributed by atoms with Crippen LogP contribution in [0.1, 0.15) is 11.1 Å². The van der Waals surface area contributed by atoms with Crippen molar-refractivity contribution in [3.63, 3.8) is 0 Å². The maximum absolute atomic E-state index is 12.4. The lowest BCUT2D eigenvalue weighted by Gasteiger charge is -2.04. The smallest absolute Gasteiger partial charge is 0.230 e. The molecule has 1 amide bonds. The van der Waals surface area contributed by atoms with E-state index in [9.17, 15) is 4.79 Å². The first kappa shape index (κ1) is 20.9. The van der Waals surface area contributed by atoms with Crippen molar-refractivity contribution < 1.29 is 4.79 Å². The Balaban J connectivity index is 1.32. The van der Waals surface area contributed by atoms with Crippen LogP contribution in [0, 0.1) is 0 Å². The molecule has 152 valence electrons. The van der Waals surface area contributed by atoms with Gasteiger partial charge in [-0.05, 0) is 35.4 Å². The molecule has 10 heteroatoms. The number of hydrogen-bond donors (Lipinski definition) is 1. The van der Waals surface area contributed by atoms with Crippen LogP contribution in [-0.4, -0.2) is 25.9 Å². The molecule has 2 aromatic carbocycles. The van der Waals surface area contributed by atoms with E-state index in [0.29, 0.717) is 20.9 Å². The molecule has 0 saturated heterocycles. The zero-order valence-corrected chi connectivity index (χ0v) is 18.6. The molecule has 0 aliphatic carbocycles. The number of carbonyl (C=O) groups excluding carboxylic acids is 1. The highest BCUT2D eigenvalue weighted by Crippen LogP contribution is 2.33. The van der Waals surface area contributed by atoms with Gasteiger partial charge in [0, 0.05) is 22.0 Å². The van der Waals surface area contributed by atoms with Crippen LogP contribution >= 0.6 is 46.3 Å². The number of hydrogen-bond acceptors (Lipinski definition) is 6. The van der Waals surface area contributed by atoms with Crippen molar-refractivity contribution >= 4 is 57.3 Å². The van der Waals surface area contributed by atoms with Gasteiger partial charge in [-0.2, -0.15) is 5.10 Å². The predicted molar refractivity (Wildman–Crippen MR) is 122 cm³/mol. The summed E-state index contributed by atoms with van der Waals surface area (Å²) in [5.41, 5.74) is 2.60. The van der Waals surface area contributed by atoms with Gasteiger partial charge in [0.2, 0.25) is 11.0 Å². The lowest BCUT2D eigenvalue weighted by molar-refractivity contribution is -0.115. The number of thioether (sulfide) groups is 1. The molecule has 0 spiro atoms. The molecule has 0 unspecified atom stereocenters. The number of aromatic nitrogens is 4. The zero-order valence-electron chi connectivity index (χ0n) is 15.5. The summed E-state index contributed by atoms with van der Waals surface area (Å²) in [6.45, 7) is 0. The van der Waals surface area contributed by atoms with E-state index in [1.807, 2.05) is 36.5 Å². The molecule has 1 N–H and O–H groups in total. The second-order valence-electron chi connectivity index (χ2n) is 6.22. The molecule has 0 aliphatic rings. The van der Waals surface area contributed by atoms with Crippen LogP contribution in [0.2, 0.25) is 10.0 Å². The summed E-state index contributed by atoms with van der Waals surface area (Å²) in [6, 6.07) is 15.1. The fraction of sp³-hybridized carbons (Fsp3) is 0.100. The fourth-order valence-corrected chi connectivity index (χ4v) is 5.15. The van der Waals surface area contributed by atoms with E-state index in [0.717, 1.165) is 21.2 Å². The van der Waals surface area contributed by atoms with Gasteiger partial charge in [-0.3, -0.25) is 4.79 Å². The topological polar surface area (TPSA) is 72.7 Å². The molecule has 2 aromatic heterocycles. The standard InChI is InChI=1S/C20H15Cl2N5OS2/c21-16-7-4-8-17(22)15(16)12-29-20-26-25-19(30-20)24-18(28)9-13-10-23-27(11-13)14-5-2-1-3-6-14/h1-8,10-11H,9,12H2,(H,24,25,28). The highest BCUT2D eigenvalue weighted by molar-refractivity contribution is 8.00. The summed E-state index contributed by atoms with van der Waals surface area (Å²) in [7, 11) is 0. The molecule has 0 fully saturated rings. The molecule has 6 nitrogen and oxygen atoms in total. The zero-order chi connectivity index (χ0) is 20.9. The van der Waals surface area contributed by atoms with Gasteiger partial charge in [-0.15, -0.1) is 10.2 Å². The number of benzene rings is 2. The molecule has 4 rings (SSSR count). The SMILES string of the molecule is O=C(Cc1cnn(-c2ccccc2)c1)Nc1nnc(SCc2c(Cl)cccc2Cl)s1. The third-order valence-corrected chi connectivity index (χ3v) is 6.78. The normalized spacial score (nSPS) is 10.9. The highest BCUT2D eigenvalue weighted by Gasteiger charge is 2.12. The van der Waals surface area contributed by atoms with Gasteiger partial charge in [-0.25, -0.2) is 4.68 Å². The Morgan fingerprint density at radius 2 is 1.83 bits per heavy atom. The number of nitrogens with one attached hydrogen (secondary N) is 1. The van der Waals surface area contributed by atoms with E-state index < -0.39 is 0 Å². The number of carbonyl (C=O) groups is 1. The summed E-state index contributed by atoms with van der Waals surface area (Å²) in [6.07, 6.45) is 3.72. The van der Waals surface area contributed by atoms with Crippen LogP contribution in [-0.2, 0) is 17.0 Å². The lowest BCUT2D eigenvalue weighted by Crippen LogP contribution is -2.13. The Kier molecular flexibility index (Phi) is 6.69. The number of rotatable bonds is 7. The number of halogens is 2. The van der Waals surface area contributed by atoms with E-state index in [2.05, 4.69) is 20.6 Å². The lowest BCUT2D eigenvalue weighted by atomic mass is 10.2. The quantitative estimate of drug-likeness (QED) is 0.282. The Hall–Kier alpha value is -2.39. The third kappa shape index (κ3) is 5.20. The van der Waals surface area contributed by atoms with Crippen LogP contribution in [0.15, 0.2) is 65.3 Å². The van der Waals surface area contributed by atoms with Gasteiger partial charge in [0.25, 0.3) is 0 Å². The third-order valence-electron chi connectivity index (χ3n) is 4.08. The summed E-state index contributed by atoms with van der Waals surface area (Å²) in [5, 5.41) is 16.9. The van der Waals surface area contributed by atoms with E-state index in [1.54, 1.807) is 29.1 Å². The van der Waals surface area contributed by atoms with Crippen LogP contribution in [0.5, 0.6) is 0 Å². The number of anilines is 1. The van der Waals surface area contributed by atoms with E-state index in [-0.39, 0.29) is 12.3 Å². The highest BCUT2D eigenvalue weighted by atomic mass is 35.5. The van der Waals surface area contributed by atoms with Gasteiger partial charge in [0.1, 0.15) is 0 Å². The number of para-hydroxylation sites is 1. The minimum absolute atomic E-state index is 0.176. The minimum atomic E-state index is -0.176. The number of amides is 1. The van der Waals surface area contributed by atoms with Gasteiger partial charge in [0.05, 0.1) is 18.3 Å². The molecule has 0 saturated carbocycles.